The molecule has 0 saturated carbocycles. The molecule has 0 saturated heterocycles. The van der Waals surface area contributed by atoms with Crippen molar-refractivity contribution in [3.05, 3.63) is 69.3 Å². The van der Waals surface area contributed by atoms with Crippen LogP contribution in [0, 0.1) is 17.0 Å². The predicted octanol–water partition coefficient (Wildman–Crippen LogP) is 2.12. The average Bonchev–Trinajstić information content (AvgIpc) is 2.91. The summed E-state index contributed by atoms with van der Waals surface area (Å²) >= 11 is 0. The highest BCUT2D eigenvalue weighted by molar-refractivity contribution is 6.24. The summed E-state index contributed by atoms with van der Waals surface area (Å²) in [6, 6.07) is 11.1. The Kier molecular flexibility index (Phi) is 5.35. The van der Waals surface area contributed by atoms with Gasteiger partial charge in [-0.3, -0.25) is 29.4 Å². The van der Waals surface area contributed by atoms with Crippen molar-refractivity contribution in [3.63, 3.8) is 0 Å². The maximum Gasteiger partial charge on any atom is 0.326 e. The molecule has 9 nitrogen and oxygen atoms in total. The summed E-state index contributed by atoms with van der Waals surface area (Å²) in [6.45, 7) is 1.28. The first kappa shape index (κ1) is 19.0. The van der Waals surface area contributed by atoms with Crippen molar-refractivity contribution in [2.24, 2.45) is 0 Å². The number of fused-ring (bicyclic) bond motifs is 1. The zero-order valence-corrected chi connectivity index (χ0v) is 14.9. The number of hydrogen-bond acceptors (Lipinski definition) is 7. The third kappa shape index (κ3) is 3.68. The second-order valence-corrected chi connectivity index (χ2v) is 5.99. The molecule has 28 heavy (non-hydrogen) atoms. The molecule has 0 N–H and O–H groups in total. The first-order chi connectivity index (χ1) is 13.4. The normalized spacial score (nSPS) is 12.7. The van der Waals surface area contributed by atoms with Crippen LogP contribution in [0.25, 0.3) is 0 Å². The zero-order chi connectivity index (χ0) is 20.3. The van der Waals surface area contributed by atoms with E-state index in [1.165, 1.54) is 12.1 Å². The zero-order valence-electron chi connectivity index (χ0n) is 14.9. The van der Waals surface area contributed by atoms with Gasteiger partial charge in [-0.05, 0) is 24.6 Å². The van der Waals surface area contributed by atoms with E-state index in [0.717, 1.165) is 11.6 Å². The van der Waals surface area contributed by atoms with Gasteiger partial charge < -0.3 is 9.47 Å². The van der Waals surface area contributed by atoms with Gasteiger partial charge in [0.2, 0.25) is 0 Å². The summed E-state index contributed by atoms with van der Waals surface area (Å²) in [5.41, 5.74) is 0.0443. The molecule has 2 aromatic rings. The monoisotopic (exact) mass is 384 g/mol. The van der Waals surface area contributed by atoms with Crippen LogP contribution in [0.3, 0.4) is 0 Å². The van der Waals surface area contributed by atoms with Crippen LogP contribution in [0.5, 0.6) is 5.75 Å². The van der Waals surface area contributed by atoms with Gasteiger partial charge in [0.1, 0.15) is 31.1 Å². The average molecular weight is 384 g/mol. The first-order valence-electron chi connectivity index (χ1n) is 8.38. The Labute approximate surface area is 159 Å². The summed E-state index contributed by atoms with van der Waals surface area (Å²) in [4.78, 5) is 47.7. The van der Waals surface area contributed by atoms with Crippen molar-refractivity contribution < 1.29 is 28.8 Å². The van der Waals surface area contributed by atoms with Gasteiger partial charge >= 0.3 is 5.97 Å². The van der Waals surface area contributed by atoms with Crippen molar-refractivity contribution >= 4 is 23.5 Å². The number of carbonyl (C=O) groups is 3. The second kappa shape index (κ2) is 7.87. The van der Waals surface area contributed by atoms with E-state index in [0.29, 0.717) is 10.6 Å². The molecule has 0 fully saturated rings. The van der Waals surface area contributed by atoms with Gasteiger partial charge in [-0.1, -0.05) is 24.3 Å². The largest absolute Gasteiger partial charge is 0.490 e. The van der Waals surface area contributed by atoms with Gasteiger partial charge in [0.05, 0.1) is 10.5 Å². The van der Waals surface area contributed by atoms with E-state index in [2.05, 4.69) is 0 Å². The fourth-order valence-corrected chi connectivity index (χ4v) is 2.81. The Morgan fingerprint density at radius 1 is 1.07 bits per heavy atom. The molecular formula is C19H16N2O7. The van der Waals surface area contributed by atoms with Crippen molar-refractivity contribution in [3.8, 4) is 5.75 Å². The fourth-order valence-electron chi connectivity index (χ4n) is 2.81. The molecule has 0 aromatic heterocycles. The lowest BCUT2D eigenvalue weighted by Gasteiger charge is -2.13. The van der Waals surface area contributed by atoms with Gasteiger partial charge in [-0.15, -0.1) is 0 Å². The summed E-state index contributed by atoms with van der Waals surface area (Å²) in [7, 11) is 0. The van der Waals surface area contributed by atoms with Crippen LogP contribution in [0.1, 0.15) is 26.3 Å². The number of nitrogens with zero attached hydrogens (tertiary/aromatic N) is 2. The van der Waals surface area contributed by atoms with E-state index in [1.807, 2.05) is 25.1 Å². The molecule has 2 amide bonds. The van der Waals surface area contributed by atoms with Crippen molar-refractivity contribution in [2.75, 3.05) is 19.8 Å². The minimum Gasteiger partial charge on any atom is -0.490 e. The summed E-state index contributed by atoms with van der Waals surface area (Å²) in [5.74, 6) is -1.81. The molecule has 0 radical (unpaired) electrons. The van der Waals surface area contributed by atoms with Crippen LogP contribution < -0.4 is 4.74 Å². The van der Waals surface area contributed by atoms with E-state index in [-0.39, 0.29) is 24.3 Å². The number of nitro benzene ring substituents is 1. The molecule has 3 rings (SSSR count). The molecule has 1 heterocycles. The number of para-hydroxylation sites is 1. The van der Waals surface area contributed by atoms with Gasteiger partial charge in [0.25, 0.3) is 17.5 Å². The van der Waals surface area contributed by atoms with Gasteiger partial charge in [0, 0.05) is 6.07 Å². The Hall–Kier alpha value is -3.75. The maximum atomic E-state index is 12.4. The lowest BCUT2D eigenvalue weighted by Crippen LogP contribution is -2.36. The Morgan fingerprint density at radius 3 is 2.54 bits per heavy atom. The number of imide groups is 1. The lowest BCUT2D eigenvalue weighted by molar-refractivity contribution is -0.385. The minimum absolute atomic E-state index is 0.0729. The van der Waals surface area contributed by atoms with Gasteiger partial charge in [0.15, 0.2) is 0 Å². The number of rotatable bonds is 7. The van der Waals surface area contributed by atoms with Crippen LogP contribution in [0.15, 0.2) is 42.5 Å². The third-order valence-electron chi connectivity index (χ3n) is 4.16. The molecule has 0 aliphatic carbocycles. The molecule has 1 aliphatic rings. The van der Waals surface area contributed by atoms with Crippen molar-refractivity contribution in [2.45, 2.75) is 6.92 Å². The number of esters is 1. The first-order valence-corrected chi connectivity index (χ1v) is 8.38. The SMILES string of the molecule is Cc1ccccc1OCCOC(=O)CN1C(=O)c2cccc([N+](=O)[O-])c2C1=O. The topological polar surface area (TPSA) is 116 Å². The van der Waals surface area contributed by atoms with Crippen LogP contribution >= 0.6 is 0 Å². The highest BCUT2D eigenvalue weighted by Crippen LogP contribution is 2.30. The maximum absolute atomic E-state index is 12.4. The number of aryl methyl sites for hydroxylation is 1. The van der Waals surface area contributed by atoms with E-state index in [1.54, 1.807) is 6.07 Å². The van der Waals surface area contributed by atoms with Crippen LogP contribution in [0.2, 0.25) is 0 Å². The van der Waals surface area contributed by atoms with Gasteiger partial charge in [-0.2, -0.15) is 0 Å². The molecule has 0 atom stereocenters. The number of hydrogen-bond donors (Lipinski definition) is 0. The highest BCUT2D eigenvalue weighted by atomic mass is 16.6. The number of amides is 2. The molecule has 144 valence electrons. The van der Waals surface area contributed by atoms with Crippen molar-refractivity contribution in [1.82, 2.24) is 4.90 Å². The van der Waals surface area contributed by atoms with Gasteiger partial charge in [-0.25, -0.2) is 0 Å². The quantitative estimate of drug-likeness (QED) is 0.236. The molecule has 1 aliphatic heterocycles. The molecule has 9 heteroatoms. The molecular weight excluding hydrogens is 368 g/mol. The molecule has 0 unspecified atom stereocenters. The van der Waals surface area contributed by atoms with E-state index < -0.39 is 34.9 Å². The fraction of sp³-hybridized carbons (Fsp3) is 0.211. The summed E-state index contributed by atoms with van der Waals surface area (Å²) in [6.07, 6.45) is 0. The minimum atomic E-state index is -0.889. The van der Waals surface area contributed by atoms with E-state index in [4.69, 9.17) is 9.47 Å². The van der Waals surface area contributed by atoms with Crippen LogP contribution in [-0.4, -0.2) is 47.4 Å². The number of ether oxygens (including phenoxy) is 2. The molecule has 0 bridgehead atoms. The second-order valence-electron chi connectivity index (χ2n) is 5.99. The highest BCUT2D eigenvalue weighted by Gasteiger charge is 2.41. The van der Waals surface area contributed by atoms with Crippen molar-refractivity contribution in [1.29, 1.82) is 0 Å². The smallest absolute Gasteiger partial charge is 0.326 e. The molecule has 0 spiro atoms. The number of benzene rings is 2. The standard InChI is InChI=1S/C19H16N2O7/c1-12-5-2-3-8-15(12)27-9-10-28-16(22)11-20-18(23)13-6-4-7-14(21(25)26)17(13)19(20)24/h2-8H,9-11H2,1H3. The third-order valence-corrected chi connectivity index (χ3v) is 4.16. The number of nitro groups is 1. The summed E-state index contributed by atoms with van der Waals surface area (Å²) < 4.78 is 10.5. The molecule has 2 aromatic carbocycles. The number of carbonyl (C=O) groups excluding carboxylic acids is 3. The Bertz CT molecular complexity index is 971. The lowest BCUT2D eigenvalue weighted by atomic mass is 10.1. The Balaban J connectivity index is 1.57. The Morgan fingerprint density at radius 2 is 1.82 bits per heavy atom. The predicted molar refractivity (Wildman–Crippen MR) is 96.1 cm³/mol. The summed E-state index contributed by atoms with van der Waals surface area (Å²) in [5, 5.41) is 11.1. The van der Waals surface area contributed by atoms with E-state index in [9.17, 15) is 24.5 Å². The van der Waals surface area contributed by atoms with Crippen LogP contribution in [0.4, 0.5) is 5.69 Å². The van der Waals surface area contributed by atoms with E-state index >= 15 is 0 Å². The van der Waals surface area contributed by atoms with Crippen LogP contribution in [-0.2, 0) is 9.53 Å².